The lowest BCUT2D eigenvalue weighted by Crippen LogP contribution is -2.41. The van der Waals surface area contributed by atoms with Gasteiger partial charge in [-0.05, 0) is 50.2 Å². The van der Waals surface area contributed by atoms with Crippen LogP contribution in [0.25, 0.3) is 0 Å². The minimum atomic E-state index is -0.646. The van der Waals surface area contributed by atoms with Gasteiger partial charge in [-0.15, -0.1) is 0 Å². The van der Waals surface area contributed by atoms with Crippen LogP contribution < -0.4 is 5.32 Å². The van der Waals surface area contributed by atoms with Crippen LogP contribution in [0.4, 0.5) is 0 Å². The molecule has 0 radical (unpaired) electrons. The maximum absolute atomic E-state index is 12.7. The van der Waals surface area contributed by atoms with E-state index in [0.29, 0.717) is 28.9 Å². The number of hydrogen-bond acceptors (Lipinski definition) is 4. The summed E-state index contributed by atoms with van der Waals surface area (Å²) in [6, 6.07) is 0. The number of hydrogen-bond donors (Lipinski definition) is 3. The fourth-order valence-corrected chi connectivity index (χ4v) is 3.60. The first kappa shape index (κ1) is 30.7. The normalized spacial score (nSPS) is 14.1. The number of nitrogens with one attached hydrogen (secondary N) is 3. The monoisotopic (exact) mass is 490 g/mol. The summed E-state index contributed by atoms with van der Waals surface area (Å²) in [6.45, 7) is 16.0. The lowest BCUT2D eigenvalue weighted by atomic mass is 9.88. The molecule has 0 bridgehead atoms. The quantitative estimate of drug-likeness (QED) is 0.160. The van der Waals surface area contributed by atoms with Crippen LogP contribution in [0.1, 0.15) is 54.4 Å². The number of carbonyl (C=O) groups is 1. The molecule has 0 fully saturated rings. The maximum atomic E-state index is 12.7. The van der Waals surface area contributed by atoms with Gasteiger partial charge in [0.15, 0.2) is 11.0 Å². The average molecular weight is 491 g/mol. The molecule has 1 atom stereocenters. The third-order valence-corrected chi connectivity index (χ3v) is 6.25. The van der Waals surface area contributed by atoms with Crippen molar-refractivity contribution >= 4 is 40.3 Å². The minimum Gasteiger partial charge on any atom is -0.319 e. The van der Waals surface area contributed by atoms with Crippen LogP contribution >= 0.6 is 23.4 Å². The summed E-state index contributed by atoms with van der Waals surface area (Å²) in [7, 11) is 0. The molecule has 7 heteroatoms. The van der Waals surface area contributed by atoms with E-state index in [1.165, 1.54) is 34.0 Å². The summed E-state index contributed by atoms with van der Waals surface area (Å²) in [5.74, 6) is 0.594. The zero-order valence-electron chi connectivity index (χ0n) is 20.7. The highest BCUT2D eigenvalue weighted by Gasteiger charge is 2.21. The van der Waals surface area contributed by atoms with E-state index in [9.17, 15) is 4.79 Å². The van der Waals surface area contributed by atoms with E-state index in [-0.39, 0.29) is 11.0 Å². The second-order valence-corrected chi connectivity index (χ2v) is 9.07. The molecule has 0 aromatic heterocycles. The predicted octanol–water partition coefficient (Wildman–Crippen LogP) is 7.37. The number of allylic oxidation sites excluding steroid dienone is 8. The Morgan fingerprint density at radius 1 is 1.21 bits per heavy atom. The third-order valence-electron chi connectivity index (χ3n) is 5.05. The van der Waals surface area contributed by atoms with Crippen molar-refractivity contribution in [1.82, 2.24) is 10.2 Å². The zero-order valence-corrected chi connectivity index (χ0v) is 22.3. The van der Waals surface area contributed by atoms with E-state index in [1.807, 2.05) is 13.0 Å². The van der Waals surface area contributed by atoms with Gasteiger partial charge >= 0.3 is 0 Å². The number of rotatable bonds is 11. The Morgan fingerprint density at radius 3 is 2.39 bits per heavy atom. The van der Waals surface area contributed by atoms with Crippen LogP contribution in [0.3, 0.4) is 0 Å². The van der Waals surface area contributed by atoms with Crippen LogP contribution in [-0.4, -0.2) is 27.6 Å². The Bertz CT molecular complexity index is 837. The first-order valence-corrected chi connectivity index (χ1v) is 12.6. The van der Waals surface area contributed by atoms with Crippen molar-refractivity contribution < 1.29 is 4.79 Å². The number of amides is 1. The van der Waals surface area contributed by atoms with E-state index < -0.39 is 5.91 Å². The van der Waals surface area contributed by atoms with Crippen molar-refractivity contribution in [3.63, 3.8) is 0 Å². The van der Waals surface area contributed by atoms with Crippen LogP contribution in [-0.2, 0) is 4.79 Å². The molecular formula is C26H39ClN4OS. The van der Waals surface area contributed by atoms with Crippen molar-refractivity contribution in [1.29, 1.82) is 10.8 Å². The molecule has 0 saturated carbocycles. The van der Waals surface area contributed by atoms with Gasteiger partial charge < -0.3 is 5.32 Å². The standard InChI is InChI=1S/C26H39ClN4OS/c1-8-11-13-14-22(21(7)19(4)5)16-17-33-26(29)31(10-3)24(28)25(32)30-23(15-12-9-2)20(6)18-27/h9-15,18-19,21,28-29H,3,8,16-17H2,1-2,4-7H3,(H,30,32)/b12-9-,13-11-,20-18+,22-14-,23-15+,28-24?,29-26?. The Balaban J connectivity index is 5.25. The SMILES string of the molecule is C=CN(C(=N)SCC/C(=C/C=C\CC)C(C)C(C)C)C(=N)C(=O)NC(=C/C=C\C)/C(C)=C/Cl. The molecule has 1 amide bonds. The lowest BCUT2D eigenvalue weighted by molar-refractivity contribution is -0.114. The van der Waals surface area contributed by atoms with Crippen molar-refractivity contribution in [3.8, 4) is 0 Å². The van der Waals surface area contributed by atoms with Gasteiger partial charge in [-0.1, -0.05) is 93.6 Å². The van der Waals surface area contributed by atoms with Crippen molar-refractivity contribution in [3.05, 3.63) is 71.6 Å². The highest BCUT2D eigenvalue weighted by atomic mass is 35.5. The summed E-state index contributed by atoms with van der Waals surface area (Å²) in [6.07, 6.45) is 14.8. The van der Waals surface area contributed by atoms with Gasteiger partial charge in [0.25, 0.3) is 5.91 Å². The summed E-state index contributed by atoms with van der Waals surface area (Å²) < 4.78 is 0. The lowest BCUT2D eigenvalue weighted by Gasteiger charge is -2.22. The van der Waals surface area contributed by atoms with Crippen molar-refractivity contribution in [2.75, 3.05) is 5.75 Å². The van der Waals surface area contributed by atoms with Crippen molar-refractivity contribution in [2.24, 2.45) is 11.8 Å². The molecule has 0 spiro atoms. The molecular weight excluding hydrogens is 452 g/mol. The highest BCUT2D eigenvalue weighted by Crippen LogP contribution is 2.25. The molecule has 0 aliphatic heterocycles. The number of halogens is 1. The van der Waals surface area contributed by atoms with Gasteiger partial charge in [0.1, 0.15) is 0 Å². The Hall–Kier alpha value is -2.31. The maximum Gasteiger partial charge on any atom is 0.291 e. The molecule has 0 saturated heterocycles. The summed E-state index contributed by atoms with van der Waals surface area (Å²) in [5.41, 5.74) is 3.83. The molecule has 0 aromatic rings. The second kappa shape index (κ2) is 17.2. The van der Waals surface area contributed by atoms with Gasteiger partial charge in [-0.25, -0.2) is 0 Å². The summed E-state index contributed by atoms with van der Waals surface area (Å²) in [4.78, 5) is 13.8. The number of nitrogens with zero attached hydrogens (tertiary/aromatic N) is 1. The number of amidine groups is 2. The van der Waals surface area contributed by atoms with Crippen molar-refractivity contribution in [2.45, 2.75) is 54.4 Å². The third kappa shape index (κ3) is 11.4. The van der Waals surface area contributed by atoms with Gasteiger partial charge in [0, 0.05) is 23.2 Å². The van der Waals surface area contributed by atoms with Crippen LogP contribution in [0.5, 0.6) is 0 Å². The second-order valence-electron chi connectivity index (χ2n) is 7.77. The summed E-state index contributed by atoms with van der Waals surface area (Å²) in [5, 5.41) is 19.4. The Labute approximate surface area is 209 Å². The molecule has 5 nitrogen and oxygen atoms in total. The van der Waals surface area contributed by atoms with Gasteiger partial charge in [-0.3, -0.25) is 20.5 Å². The first-order valence-electron chi connectivity index (χ1n) is 11.1. The zero-order chi connectivity index (χ0) is 25.4. The van der Waals surface area contributed by atoms with Crippen LogP contribution in [0, 0.1) is 22.7 Å². The molecule has 1 unspecified atom stereocenters. The van der Waals surface area contributed by atoms with E-state index in [0.717, 1.165) is 12.8 Å². The average Bonchev–Trinajstić information content (AvgIpc) is 2.79. The molecule has 0 aliphatic rings. The predicted molar refractivity (Wildman–Crippen MR) is 147 cm³/mol. The fourth-order valence-electron chi connectivity index (χ4n) is 2.64. The smallest absolute Gasteiger partial charge is 0.291 e. The van der Waals surface area contributed by atoms with Gasteiger partial charge in [0.05, 0.1) is 0 Å². The molecule has 0 aliphatic carbocycles. The molecule has 0 heterocycles. The van der Waals surface area contributed by atoms with E-state index in [2.05, 4.69) is 57.8 Å². The van der Waals surface area contributed by atoms with Crippen LogP contribution in [0.15, 0.2) is 71.6 Å². The van der Waals surface area contributed by atoms with Gasteiger partial charge in [0.2, 0.25) is 0 Å². The fraction of sp³-hybridized carbons (Fsp3) is 0.423. The van der Waals surface area contributed by atoms with E-state index in [4.69, 9.17) is 22.4 Å². The topological polar surface area (TPSA) is 80.0 Å². The summed E-state index contributed by atoms with van der Waals surface area (Å²) >= 11 is 7.08. The first-order chi connectivity index (χ1) is 15.6. The van der Waals surface area contributed by atoms with E-state index in [1.54, 1.807) is 19.1 Å². The molecule has 0 rings (SSSR count). The van der Waals surface area contributed by atoms with E-state index >= 15 is 0 Å². The number of carbonyl (C=O) groups excluding carboxylic acids is 1. The van der Waals surface area contributed by atoms with Gasteiger partial charge in [-0.2, -0.15) is 0 Å². The highest BCUT2D eigenvalue weighted by molar-refractivity contribution is 8.13. The molecule has 182 valence electrons. The van der Waals surface area contributed by atoms with Crippen LogP contribution in [0.2, 0.25) is 0 Å². The molecule has 0 aromatic carbocycles. The Kier molecular flexibility index (Phi) is 16.0. The largest absolute Gasteiger partial charge is 0.319 e. The Morgan fingerprint density at radius 2 is 1.88 bits per heavy atom. The molecule has 3 N–H and O–H groups in total. The number of thioether (sulfide) groups is 1. The minimum absolute atomic E-state index is 0.0781. The molecule has 33 heavy (non-hydrogen) atoms.